The number of piperazine rings is 1. The van der Waals surface area contributed by atoms with Gasteiger partial charge in [-0.05, 0) is 25.1 Å². The number of esters is 1. The molecule has 2 aromatic heterocycles. The highest BCUT2D eigenvalue weighted by Crippen LogP contribution is 2.31. The maximum absolute atomic E-state index is 12.3. The van der Waals surface area contributed by atoms with Gasteiger partial charge in [-0.3, -0.25) is 4.98 Å². The number of aromatic nitrogens is 2. The second kappa shape index (κ2) is 8.15. The summed E-state index contributed by atoms with van der Waals surface area (Å²) in [5, 5.41) is 10.6. The molecule has 1 fully saturated rings. The van der Waals surface area contributed by atoms with Crippen LogP contribution in [0.3, 0.4) is 0 Å². The van der Waals surface area contributed by atoms with Crippen LogP contribution in [0, 0.1) is 11.3 Å². The van der Waals surface area contributed by atoms with Crippen molar-refractivity contribution in [3.63, 3.8) is 0 Å². The highest BCUT2D eigenvalue weighted by molar-refractivity contribution is 5.96. The third kappa shape index (κ3) is 3.57. The number of fused-ring (bicyclic) bond motifs is 1. The Balaban J connectivity index is 1.60. The minimum Gasteiger partial charge on any atom is -0.462 e. The van der Waals surface area contributed by atoms with Crippen LogP contribution >= 0.6 is 0 Å². The lowest BCUT2D eigenvalue weighted by molar-refractivity contribution is 0.0526. The van der Waals surface area contributed by atoms with Crippen molar-refractivity contribution in [3.05, 3.63) is 59.9 Å². The van der Waals surface area contributed by atoms with Crippen molar-refractivity contribution in [2.24, 2.45) is 0 Å². The molecule has 0 amide bonds. The van der Waals surface area contributed by atoms with Gasteiger partial charge < -0.3 is 14.5 Å². The first-order valence-electron chi connectivity index (χ1n) is 9.62. The molecule has 1 aromatic carbocycles. The quantitative estimate of drug-likeness (QED) is 0.637. The number of hydrogen-bond donors (Lipinski definition) is 0. The summed E-state index contributed by atoms with van der Waals surface area (Å²) in [5.41, 5.74) is 2.85. The fourth-order valence-corrected chi connectivity index (χ4v) is 3.71. The van der Waals surface area contributed by atoms with Crippen molar-refractivity contribution < 1.29 is 9.53 Å². The lowest BCUT2D eigenvalue weighted by Gasteiger charge is -2.37. The van der Waals surface area contributed by atoms with Crippen molar-refractivity contribution in [1.29, 1.82) is 5.26 Å². The number of carbonyl (C=O) groups is 1. The monoisotopic (exact) mass is 387 g/mol. The SMILES string of the molecule is CCOC(=O)c1cccnc1N1CCN(c2c(C#N)cnc3ccccc23)CC1. The molecule has 7 nitrogen and oxygen atoms in total. The Morgan fingerprint density at radius 2 is 1.86 bits per heavy atom. The molecule has 29 heavy (non-hydrogen) atoms. The highest BCUT2D eigenvalue weighted by Gasteiger charge is 2.25. The summed E-state index contributed by atoms with van der Waals surface area (Å²) in [6.07, 6.45) is 3.33. The maximum Gasteiger partial charge on any atom is 0.341 e. The molecule has 0 N–H and O–H groups in total. The molecular formula is C22H21N5O2. The second-order valence-corrected chi connectivity index (χ2v) is 6.72. The number of nitriles is 1. The molecule has 3 aromatic rings. The molecule has 0 radical (unpaired) electrons. The van der Waals surface area contributed by atoms with Gasteiger partial charge in [0.05, 0.1) is 23.4 Å². The van der Waals surface area contributed by atoms with Gasteiger partial charge in [-0.25, -0.2) is 9.78 Å². The zero-order chi connectivity index (χ0) is 20.2. The van der Waals surface area contributed by atoms with Gasteiger partial charge in [0.2, 0.25) is 0 Å². The number of rotatable bonds is 4. The summed E-state index contributed by atoms with van der Waals surface area (Å²) in [5.74, 6) is 0.288. The van der Waals surface area contributed by atoms with E-state index in [0.29, 0.717) is 49.7 Å². The second-order valence-electron chi connectivity index (χ2n) is 6.72. The van der Waals surface area contributed by atoms with Gasteiger partial charge in [0.1, 0.15) is 17.5 Å². The summed E-state index contributed by atoms with van der Waals surface area (Å²) < 4.78 is 5.17. The number of carbonyl (C=O) groups excluding carboxylic acids is 1. The van der Waals surface area contributed by atoms with Gasteiger partial charge in [0.25, 0.3) is 0 Å². The van der Waals surface area contributed by atoms with Crippen molar-refractivity contribution in [3.8, 4) is 6.07 Å². The van der Waals surface area contributed by atoms with E-state index in [-0.39, 0.29) is 5.97 Å². The third-order valence-corrected chi connectivity index (χ3v) is 5.04. The first kappa shape index (κ1) is 18.7. The highest BCUT2D eigenvalue weighted by atomic mass is 16.5. The molecule has 0 saturated carbocycles. The zero-order valence-electron chi connectivity index (χ0n) is 16.2. The maximum atomic E-state index is 12.3. The molecule has 0 bridgehead atoms. The molecule has 0 unspecified atom stereocenters. The van der Waals surface area contributed by atoms with Crippen LogP contribution in [0.25, 0.3) is 10.9 Å². The van der Waals surface area contributed by atoms with Crippen molar-refractivity contribution in [2.75, 3.05) is 42.6 Å². The van der Waals surface area contributed by atoms with E-state index < -0.39 is 0 Å². The number of hydrogen-bond acceptors (Lipinski definition) is 7. The van der Waals surface area contributed by atoms with Crippen LogP contribution in [-0.4, -0.2) is 48.7 Å². The average Bonchev–Trinajstić information content (AvgIpc) is 2.78. The Labute approximate surface area is 169 Å². The van der Waals surface area contributed by atoms with E-state index in [9.17, 15) is 10.1 Å². The normalized spacial score (nSPS) is 13.9. The largest absolute Gasteiger partial charge is 0.462 e. The van der Waals surface area contributed by atoms with E-state index in [1.54, 1.807) is 31.5 Å². The molecule has 146 valence electrons. The van der Waals surface area contributed by atoms with E-state index >= 15 is 0 Å². The van der Waals surface area contributed by atoms with Gasteiger partial charge in [0, 0.05) is 44.0 Å². The molecule has 3 heterocycles. The molecule has 0 aliphatic carbocycles. The molecule has 0 atom stereocenters. The Bertz CT molecular complexity index is 1080. The van der Waals surface area contributed by atoms with Crippen molar-refractivity contribution in [2.45, 2.75) is 6.92 Å². The predicted molar refractivity (Wildman–Crippen MR) is 111 cm³/mol. The Morgan fingerprint density at radius 3 is 2.62 bits per heavy atom. The minimum atomic E-state index is -0.357. The Kier molecular flexibility index (Phi) is 5.25. The molecule has 1 aliphatic heterocycles. The lowest BCUT2D eigenvalue weighted by Crippen LogP contribution is -2.47. The van der Waals surface area contributed by atoms with Gasteiger partial charge in [-0.2, -0.15) is 5.26 Å². The topological polar surface area (TPSA) is 82.4 Å². The van der Waals surface area contributed by atoms with Crippen molar-refractivity contribution in [1.82, 2.24) is 9.97 Å². The zero-order valence-corrected chi connectivity index (χ0v) is 16.2. The summed E-state index contributed by atoms with van der Waals surface area (Å²) in [7, 11) is 0. The molecular weight excluding hydrogens is 366 g/mol. The summed E-state index contributed by atoms with van der Waals surface area (Å²) in [6.45, 7) is 4.91. The van der Waals surface area contributed by atoms with Crippen molar-refractivity contribution >= 4 is 28.4 Å². The minimum absolute atomic E-state index is 0.326. The number of ether oxygens (including phenoxy) is 1. The van der Waals surface area contributed by atoms with Crippen LogP contribution in [-0.2, 0) is 4.74 Å². The fraction of sp³-hybridized carbons (Fsp3) is 0.273. The molecule has 7 heteroatoms. The van der Waals surface area contributed by atoms with Crippen LogP contribution in [0.1, 0.15) is 22.8 Å². The Morgan fingerprint density at radius 1 is 1.10 bits per heavy atom. The van der Waals surface area contributed by atoms with Gasteiger partial charge in [-0.1, -0.05) is 18.2 Å². The average molecular weight is 387 g/mol. The summed E-state index contributed by atoms with van der Waals surface area (Å²) >= 11 is 0. The van der Waals surface area contributed by atoms with Crippen LogP contribution in [0.15, 0.2) is 48.8 Å². The lowest BCUT2D eigenvalue weighted by atomic mass is 10.1. The molecule has 1 aliphatic rings. The fourth-order valence-electron chi connectivity index (χ4n) is 3.71. The summed E-state index contributed by atoms with van der Waals surface area (Å²) in [6, 6.07) is 13.6. The van der Waals surface area contributed by atoms with E-state index in [4.69, 9.17) is 4.74 Å². The standard InChI is InChI=1S/C22H21N5O2/c1-2-29-22(28)18-7-5-9-24-21(18)27-12-10-26(11-13-27)20-16(14-23)15-25-19-8-4-3-6-17(19)20/h3-9,15H,2,10-13H2,1H3. The van der Waals surface area contributed by atoms with Gasteiger partial charge >= 0.3 is 5.97 Å². The van der Waals surface area contributed by atoms with Crippen LogP contribution in [0.5, 0.6) is 0 Å². The number of nitrogens with zero attached hydrogens (tertiary/aromatic N) is 5. The Hall–Kier alpha value is -3.66. The van der Waals surface area contributed by atoms with E-state index in [0.717, 1.165) is 16.6 Å². The summed E-state index contributed by atoms with van der Waals surface area (Å²) in [4.78, 5) is 25.4. The molecule has 0 spiro atoms. The smallest absolute Gasteiger partial charge is 0.341 e. The molecule has 4 rings (SSSR count). The van der Waals surface area contributed by atoms with Crippen LogP contribution < -0.4 is 9.80 Å². The number of benzene rings is 1. The van der Waals surface area contributed by atoms with Gasteiger partial charge in [-0.15, -0.1) is 0 Å². The van der Waals surface area contributed by atoms with Crippen LogP contribution in [0.2, 0.25) is 0 Å². The first-order valence-corrected chi connectivity index (χ1v) is 9.62. The van der Waals surface area contributed by atoms with E-state index in [1.807, 2.05) is 24.3 Å². The van der Waals surface area contributed by atoms with E-state index in [1.165, 1.54) is 0 Å². The van der Waals surface area contributed by atoms with Gasteiger partial charge in [0.15, 0.2) is 0 Å². The van der Waals surface area contributed by atoms with Crippen LogP contribution in [0.4, 0.5) is 11.5 Å². The van der Waals surface area contributed by atoms with E-state index in [2.05, 4.69) is 25.8 Å². The number of para-hydroxylation sites is 1. The number of anilines is 2. The predicted octanol–water partition coefficient (Wildman–Crippen LogP) is 3.00. The number of pyridine rings is 2. The third-order valence-electron chi connectivity index (χ3n) is 5.04. The molecule has 1 saturated heterocycles. The first-order chi connectivity index (χ1) is 14.2.